The summed E-state index contributed by atoms with van der Waals surface area (Å²) < 4.78 is 0. The summed E-state index contributed by atoms with van der Waals surface area (Å²) in [6.45, 7) is 11.0. The Hall–Kier alpha value is -2.91. The monoisotopic (exact) mass is 258 g/mol. The zero-order valence-corrected chi connectivity index (χ0v) is 11.1. The lowest BCUT2D eigenvalue weighted by atomic mass is 10.0. The third-order valence-electron chi connectivity index (χ3n) is 3.53. The molecule has 0 radical (unpaired) electrons. The van der Waals surface area contributed by atoms with Crippen LogP contribution >= 0.6 is 0 Å². The molecule has 3 nitrogen and oxygen atoms in total. The molecule has 0 aliphatic rings. The summed E-state index contributed by atoms with van der Waals surface area (Å²) in [6, 6.07) is 9.59. The van der Waals surface area contributed by atoms with Crippen LogP contribution in [0.3, 0.4) is 0 Å². The predicted molar refractivity (Wildman–Crippen MR) is 79.2 cm³/mol. The van der Waals surface area contributed by atoms with E-state index in [0.717, 1.165) is 21.9 Å². The number of nitrogens with zero attached hydrogens (tertiary/aromatic N) is 2. The van der Waals surface area contributed by atoms with Crippen molar-refractivity contribution in [2.24, 2.45) is 0 Å². The molecule has 0 aliphatic carbocycles. The highest BCUT2D eigenvalue weighted by atomic mass is 16.1. The van der Waals surface area contributed by atoms with Crippen LogP contribution in [0, 0.1) is 31.8 Å². The molecule has 3 heteroatoms. The Balaban J connectivity index is 2.83. The van der Waals surface area contributed by atoms with Gasteiger partial charge in [-0.05, 0) is 47.2 Å². The number of nitriles is 1. The van der Waals surface area contributed by atoms with E-state index in [0.29, 0.717) is 10.8 Å². The second kappa shape index (κ2) is 4.05. The van der Waals surface area contributed by atoms with E-state index in [1.807, 2.05) is 44.2 Å². The molecule has 0 aliphatic heterocycles. The fraction of sp³-hybridized carbons (Fsp3) is 0.118. The molecule has 0 aromatic heterocycles. The van der Waals surface area contributed by atoms with Gasteiger partial charge in [-0.3, -0.25) is 4.79 Å². The van der Waals surface area contributed by atoms with E-state index in [-0.39, 0.29) is 16.3 Å². The van der Waals surface area contributed by atoms with E-state index in [1.54, 1.807) is 0 Å². The maximum Gasteiger partial charge on any atom is 0.273 e. The Morgan fingerprint density at radius 3 is 2.30 bits per heavy atom. The maximum absolute atomic E-state index is 12.5. The van der Waals surface area contributed by atoms with E-state index in [9.17, 15) is 4.79 Å². The molecule has 0 spiro atoms. The Labute approximate surface area is 115 Å². The molecule has 0 saturated heterocycles. The molecule has 3 rings (SSSR count). The molecule has 0 saturated carbocycles. The molecule has 0 fully saturated rings. The standard InChI is InChI=1S/C17H10N2O/c1-9-4-11-5-10(2)7-13-15(11)12(6-9)16(17(13)20)14(8-18)19-3/h4-7H,1-2H3/b16-14-. The van der Waals surface area contributed by atoms with Gasteiger partial charge in [-0.15, -0.1) is 0 Å². The molecule has 0 amide bonds. The highest BCUT2D eigenvalue weighted by Gasteiger charge is 2.15. The van der Waals surface area contributed by atoms with E-state index in [4.69, 9.17) is 11.8 Å². The van der Waals surface area contributed by atoms with Crippen molar-refractivity contribution < 1.29 is 0 Å². The normalized spacial score (nSPS) is 12.4. The second-order valence-corrected chi connectivity index (χ2v) is 5.00. The quantitative estimate of drug-likeness (QED) is 0.582. The maximum atomic E-state index is 12.5. The topological polar surface area (TPSA) is 45.2 Å². The fourth-order valence-corrected chi connectivity index (χ4v) is 2.82. The van der Waals surface area contributed by atoms with E-state index in [1.165, 1.54) is 0 Å². The van der Waals surface area contributed by atoms with Crippen LogP contribution in [0.2, 0.25) is 0 Å². The first-order valence-corrected chi connectivity index (χ1v) is 6.18. The van der Waals surface area contributed by atoms with Gasteiger partial charge in [0.15, 0.2) is 5.43 Å². The molecule has 0 N–H and O–H groups in total. The van der Waals surface area contributed by atoms with Crippen LogP contribution in [-0.2, 0) is 0 Å². The van der Waals surface area contributed by atoms with Gasteiger partial charge >= 0.3 is 0 Å². The van der Waals surface area contributed by atoms with Crippen molar-refractivity contribution in [1.29, 1.82) is 5.26 Å². The van der Waals surface area contributed by atoms with Gasteiger partial charge in [-0.1, -0.05) is 18.2 Å². The zero-order valence-electron chi connectivity index (χ0n) is 11.1. The summed E-state index contributed by atoms with van der Waals surface area (Å²) in [5, 5.41) is 12.5. The van der Waals surface area contributed by atoms with Crippen LogP contribution in [0.4, 0.5) is 0 Å². The largest absolute Gasteiger partial charge is 0.290 e. The van der Waals surface area contributed by atoms with Crippen molar-refractivity contribution in [3.05, 3.63) is 62.3 Å². The Morgan fingerprint density at radius 2 is 1.75 bits per heavy atom. The number of rotatable bonds is 0. The van der Waals surface area contributed by atoms with Crippen molar-refractivity contribution in [1.82, 2.24) is 0 Å². The molecule has 0 unspecified atom stereocenters. The van der Waals surface area contributed by atoms with Gasteiger partial charge < -0.3 is 0 Å². The van der Waals surface area contributed by atoms with Crippen LogP contribution in [-0.4, -0.2) is 0 Å². The Kier molecular flexibility index (Phi) is 2.46. The average molecular weight is 258 g/mol. The summed E-state index contributed by atoms with van der Waals surface area (Å²) in [7, 11) is 0. The molecule has 94 valence electrons. The summed E-state index contributed by atoms with van der Waals surface area (Å²) >= 11 is 0. The van der Waals surface area contributed by atoms with Crippen molar-refractivity contribution in [2.75, 3.05) is 0 Å². The molecule has 0 heterocycles. The van der Waals surface area contributed by atoms with Crippen molar-refractivity contribution in [3.8, 4) is 6.07 Å². The van der Waals surface area contributed by atoms with Crippen LogP contribution < -0.4 is 10.6 Å². The molecule has 20 heavy (non-hydrogen) atoms. The van der Waals surface area contributed by atoms with Gasteiger partial charge in [-0.25, -0.2) is 10.1 Å². The van der Waals surface area contributed by atoms with Crippen LogP contribution in [0.15, 0.2) is 29.1 Å². The first-order valence-electron chi connectivity index (χ1n) is 6.18. The van der Waals surface area contributed by atoms with Gasteiger partial charge in [0.25, 0.3) is 5.70 Å². The molecular weight excluding hydrogens is 248 g/mol. The minimum atomic E-state index is -0.216. The van der Waals surface area contributed by atoms with E-state index in [2.05, 4.69) is 4.85 Å². The smallest absolute Gasteiger partial charge is 0.273 e. The molecule has 0 atom stereocenters. The van der Waals surface area contributed by atoms with E-state index < -0.39 is 0 Å². The van der Waals surface area contributed by atoms with Crippen LogP contribution in [0.5, 0.6) is 0 Å². The molecule has 3 aromatic rings. The molecule has 3 aromatic carbocycles. The van der Waals surface area contributed by atoms with Crippen molar-refractivity contribution >= 4 is 27.2 Å². The Morgan fingerprint density at radius 1 is 1.15 bits per heavy atom. The minimum absolute atomic E-state index is 0.129. The zero-order chi connectivity index (χ0) is 14.4. The lowest BCUT2D eigenvalue weighted by Gasteiger charge is -2.02. The molecule has 0 bridgehead atoms. The van der Waals surface area contributed by atoms with Gasteiger partial charge in [0.1, 0.15) is 0 Å². The lowest BCUT2D eigenvalue weighted by molar-refractivity contribution is 1.50. The third-order valence-corrected chi connectivity index (χ3v) is 3.53. The first kappa shape index (κ1) is 12.1. The van der Waals surface area contributed by atoms with Gasteiger partial charge in [0.05, 0.1) is 12.6 Å². The highest BCUT2D eigenvalue weighted by molar-refractivity contribution is 6.13. The summed E-state index contributed by atoms with van der Waals surface area (Å²) in [6.07, 6.45) is 0. The van der Waals surface area contributed by atoms with E-state index >= 15 is 0 Å². The number of aryl methyl sites for hydroxylation is 2. The number of benzene rings is 2. The second-order valence-electron chi connectivity index (χ2n) is 5.00. The lowest BCUT2D eigenvalue weighted by Crippen LogP contribution is -2.21. The SMILES string of the molecule is [C-]#[N+]/C(C#N)=c1\c(=O)c2cc(C)cc3cc(C)cc1c32. The van der Waals surface area contributed by atoms with Crippen molar-refractivity contribution in [2.45, 2.75) is 13.8 Å². The summed E-state index contributed by atoms with van der Waals surface area (Å²) in [4.78, 5) is 15.8. The summed E-state index contributed by atoms with van der Waals surface area (Å²) in [5.41, 5.74) is 1.67. The first-order chi connectivity index (χ1) is 9.56. The number of hydrogen-bond donors (Lipinski definition) is 0. The summed E-state index contributed by atoms with van der Waals surface area (Å²) in [5.74, 6) is 0. The third kappa shape index (κ3) is 1.47. The number of hydrogen-bond acceptors (Lipinski definition) is 2. The molecular formula is C17H10N2O. The van der Waals surface area contributed by atoms with Gasteiger partial charge in [0, 0.05) is 10.6 Å². The fourth-order valence-electron chi connectivity index (χ4n) is 2.82. The Bertz CT molecular complexity index is 1030. The van der Waals surface area contributed by atoms with Gasteiger partial charge in [-0.2, -0.15) is 0 Å². The average Bonchev–Trinajstić information content (AvgIpc) is 2.66. The predicted octanol–water partition coefficient (Wildman–Crippen LogP) is 2.68. The van der Waals surface area contributed by atoms with Crippen LogP contribution in [0.1, 0.15) is 11.1 Å². The van der Waals surface area contributed by atoms with Crippen LogP contribution in [0.25, 0.3) is 32.1 Å². The van der Waals surface area contributed by atoms with Gasteiger partial charge in [0.2, 0.25) is 0 Å². The van der Waals surface area contributed by atoms with Crippen molar-refractivity contribution in [3.63, 3.8) is 0 Å². The highest BCUT2D eigenvalue weighted by Crippen LogP contribution is 2.26. The minimum Gasteiger partial charge on any atom is -0.290 e.